The summed E-state index contributed by atoms with van der Waals surface area (Å²) in [4.78, 5) is 0. The maximum atomic E-state index is 13.7. The van der Waals surface area contributed by atoms with E-state index in [-0.39, 0.29) is 29.5 Å². The third-order valence-electron chi connectivity index (χ3n) is 3.20. The van der Waals surface area contributed by atoms with E-state index in [0.29, 0.717) is 13.2 Å². The Labute approximate surface area is 128 Å². The lowest BCUT2D eigenvalue weighted by Gasteiger charge is -2.25. The van der Waals surface area contributed by atoms with Crippen LogP contribution in [0.5, 0.6) is 0 Å². The molecule has 0 spiro atoms. The number of benzene rings is 1. The number of rotatable bonds is 5. The molecule has 0 aromatic heterocycles. The normalized spacial score (nSPS) is 19.9. The second-order valence-electron chi connectivity index (χ2n) is 4.80. The molecule has 1 aliphatic heterocycles. The van der Waals surface area contributed by atoms with Crippen LogP contribution in [0.2, 0.25) is 5.02 Å². The summed E-state index contributed by atoms with van der Waals surface area (Å²) in [6.45, 7) is 0.967. The van der Waals surface area contributed by atoms with Gasteiger partial charge >= 0.3 is 0 Å². The first-order valence-electron chi connectivity index (χ1n) is 6.46. The van der Waals surface area contributed by atoms with Crippen LogP contribution in [0.4, 0.5) is 4.39 Å². The Hall–Kier alpha value is -0.730. The lowest BCUT2D eigenvalue weighted by molar-refractivity contribution is -0.0785. The number of halogens is 2. The van der Waals surface area contributed by atoms with Crippen molar-refractivity contribution in [2.45, 2.75) is 12.6 Å². The third kappa shape index (κ3) is 4.37. The predicted octanol–water partition coefficient (Wildman–Crippen LogP) is 1.66. The molecule has 1 fully saturated rings. The Morgan fingerprint density at radius 1 is 1.43 bits per heavy atom. The van der Waals surface area contributed by atoms with Crippen LogP contribution in [0.25, 0.3) is 0 Å². The number of sulfonamides is 1. The molecule has 118 valence electrons. The van der Waals surface area contributed by atoms with Gasteiger partial charge in [-0.2, -0.15) is 0 Å². The summed E-state index contributed by atoms with van der Waals surface area (Å²) in [6.07, 6.45) is -0.498. The van der Waals surface area contributed by atoms with Crippen LogP contribution in [0.15, 0.2) is 18.2 Å². The van der Waals surface area contributed by atoms with E-state index in [1.54, 1.807) is 0 Å². The van der Waals surface area contributed by atoms with Gasteiger partial charge in [-0.25, -0.2) is 17.1 Å². The van der Waals surface area contributed by atoms with E-state index in [1.165, 1.54) is 25.2 Å². The van der Waals surface area contributed by atoms with Crippen molar-refractivity contribution in [1.29, 1.82) is 0 Å². The molecular weight excluding hydrogens is 321 g/mol. The molecular formula is C13H17ClFNO4S. The Morgan fingerprint density at radius 2 is 2.19 bits per heavy atom. The molecule has 1 heterocycles. The Morgan fingerprint density at radius 3 is 2.81 bits per heavy atom. The molecule has 1 saturated heterocycles. The quantitative estimate of drug-likeness (QED) is 0.820. The Kier molecular flexibility index (Phi) is 5.56. The van der Waals surface area contributed by atoms with Gasteiger partial charge in [0.2, 0.25) is 10.0 Å². The van der Waals surface area contributed by atoms with Gasteiger partial charge in [-0.3, -0.25) is 0 Å². The van der Waals surface area contributed by atoms with Crippen molar-refractivity contribution in [2.24, 2.45) is 0 Å². The second kappa shape index (κ2) is 7.02. The van der Waals surface area contributed by atoms with Gasteiger partial charge in [0.25, 0.3) is 0 Å². The molecule has 5 nitrogen and oxygen atoms in total. The molecule has 0 radical (unpaired) electrons. The fourth-order valence-electron chi connectivity index (χ4n) is 2.00. The fourth-order valence-corrected chi connectivity index (χ4v) is 3.46. The second-order valence-corrected chi connectivity index (χ2v) is 7.33. The van der Waals surface area contributed by atoms with Gasteiger partial charge in [0, 0.05) is 24.2 Å². The minimum absolute atomic E-state index is 0.124. The van der Waals surface area contributed by atoms with Crippen LogP contribution < -0.4 is 0 Å². The molecule has 2 rings (SSSR count). The van der Waals surface area contributed by atoms with Crippen molar-refractivity contribution in [3.05, 3.63) is 34.6 Å². The van der Waals surface area contributed by atoms with Gasteiger partial charge in [0.1, 0.15) is 5.82 Å². The van der Waals surface area contributed by atoms with E-state index >= 15 is 0 Å². The molecule has 0 saturated carbocycles. The number of nitrogens with zero attached hydrogens (tertiary/aromatic N) is 1. The van der Waals surface area contributed by atoms with Crippen molar-refractivity contribution in [3.63, 3.8) is 0 Å². The SMILES string of the molecule is CN(Cc1c(F)cccc1Cl)S(=O)(=O)CC1COCCO1. The van der Waals surface area contributed by atoms with Gasteiger partial charge in [0.05, 0.1) is 31.7 Å². The zero-order valence-electron chi connectivity index (χ0n) is 11.6. The van der Waals surface area contributed by atoms with E-state index in [2.05, 4.69) is 0 Å². The van der Waals surface area contributed by atoms with Gasteiger partial charge in [-0.15, -0.1) is 0 Å². The standard InChI is InChI=1S/C13H17ClFNO4S/c1-16(7-11-12(14)3-2-4-13(11)15)21(17,18)9-10-8-19-5-6-20-10/h2-4,10H,5-9H2,1H3. The van der Waals surface area contributed by atoms with E-state index in [0.717, 1.165) is 4.31 Å². The monoisotopic (exact) mass is 337 g/mol. The molecule has 1 aliphatic rings. The van der Waals surface area contributed by atoms with E-state index in [9.17, 15) is 12.8 Å². The molecule has 1 aromatic rings. The van der Waals surface area contributed by atoms with Crippen LogP contribution in [-0.4, -0.2) is 51.4 Å². The highest BCUT2D eigenvalue weighted by Gasteiger charge is 2.27. The highest BCUT2D eigenvalue weighted by Crippen LogP contribution is 2.21. The maximum absolute atomic E-state index is 13.7. The minimum Gasteiger partial charge on any atom is -0.376 e. The first-order valence-corrected chi connectivity index (χ1v) is 8.45. The summed E-state index contributed by atoms with van der Waals surface area (Å²) in [5.74, 6) is -0.725. The zero-order chi connectivity index (χ0) is 15.5. The summed E-state index contributed by atoms with van der Waals surface area (Å²) < 4.78 is 49.8. The number of ether oxygens (including phenoxy) is 2. The van der Waals surface area contributed by atoms with Gasteiger partial charge in [-0.05, 0) is 12.1 Å². The average molecular weight is 338 g/mol. The number of hydrogen-bond acceptors (Lipinski definition) is 4. The first kappa shape index (κ1) is 16.6. The molecule has 21 heavy (non-hydrogen) atoms. The molecule has 1 aromatic carbocycles. The van der Waals surface area contributed by atoms with Crippen LogP contribution >= 0.6 is 11.6 Å². The van der Waals surface area contributed by atoms with Crippen molar-refractivity contribution in [3.8, 4) is 0 Å². The lowest BCUT2D eigenvalue weighted by atomic mass is 10.2. The fraction of sp³-hybridized carbons (Fsp3) is 0.538. The van der Waals surface area contributed by atoms with Crippen molar-refractivity contribution in [1.82, 2.24) is 4.31 Å². The minimum atomic E-state index is -3.59. The molecule has 0 aliphatic carbocycles. The van der Waals surface area contributed by atoms with Crippen LogP contribution in [0.1, 0.15) is 5.56 Å². The molecule has 1 atom stereocenters. The predicted molar refractivity (Wildman–Crippen MR) is 77.2 cm³/mol. The summed E-state index contributed by atoms with van der Waals surface area (Å²) >= 11 is 5.91. The van der Waals surface area contributed by atoms with E-state index in [4.69, 9.17) is 21.1 Å². The van der Waals surface area contributed by atoms with Crippen molar-refractivity contribution >= 4 is 21.6 Å². The maximum Gasteiger partial charge on any atom is 0.216 e. The lowest BCUT2D eigenvalue weighted by Crippen LogP contribution is -2.39. The van der Waals surface area contributed by atoms with Gasteiger partial charge in [-0.1, -0.05) is 17.7 Å². The van der Waals surface area contributed by atoms with Crippen LogP contribution in [0, 0.1) is 5.82 Å². The van der Waals surface area contributed by atoms with E-state index < -0.39 is 21.9 Å². The highest BCUT2D eigenvalue weighted by atomic mass is 35.5. The molecule has 0 amide bonds. The zero-order valence-corrected chi connectivity index (χ0v) is 13.2. The third-order valence-corrected chi connectivity index (χ3v) is 5.42. The van der Waals surface area contributed by atoms with E-state index in [1.807, 2.05) is 0 Å². The molecule has 0 N–H and O–H groups in total. The topological polar surface area (TPSA) is 55.8 Å². The number of hydrogen-bond donors (Lipinski definition) is 0. The van der Waals surface area contributed by atoms with Gasteiger partial charge in [0.15, 0.2) is 0 Å². The summed E-state index contributed by atoms with van der Waals surface area (Å²) in [5, 5.41) is 0.203. The summed E-state index contributed by atoms with van der Waals surface area (Å²) in [7, 11) is -2.20. The Bertz CT molecular complexity index is 570. The summed E-state index contributed by atoms with van der Waals surface area (Å²) in [5.41, 5.74) is 0.158. The Balaban J connectivity index is 2.05. The highest BCUT2D eigenvalue weighted by molar-refractivity contribution is 7.89. The largest absolute Gasteiger partial charge is 0.376 e. The smallest absolute Gasteiger partial charge is 0.216 e. The molecule has 1 unspecified atom stereocenters. The first-order chi connectivity index (χ1) is 9.90. The van der Waals surface area contributed by atoms with Crippen molar-refractivity contribution in [2.75, 3.05) is 32.6 Å². The van der Waals surface area contributed by atoms with Crippen LogP contribution in [0.3, 0.4) is 0 Å². The molecule has 0 bridgehead atoms. The van der Waals surface area contributed by atoms with Crippen LogP contribution in [-0.2, 0) is 26.0 Å². The summed E-state index contributed by atoms with van der Waals surface area (Å²) in [6, 6.07) is 4.25. The molecule has 8 heteroatoms. The van der Waals surface area contributed by atoms with Gasteiger partial charge < -0.3 is 9.47 Å². The van der Waals surface area contributed by atoms with Crippen molar-refractivity contribution < 1.29 is 22.3 Å². The average Bonchev–Trinajstić information content (AvgIpc) is 2.43.